The van der Waals surface area contributed by atoms with Gasteiger partial charge in [-0.2, -0.15) is 0 Å². The molecule has 0 rings (SSSR count). The molecule has 0 saturated heterocycles. The van der Waals surface area contributed by atoms with Crippen LogP contribution in [0.1, 0.15) is 0 Å². The van der Waals surface area contributed by atoms with Crippen LogP contribution in [0.15, 0.2) is 0 Å². The second kappa shape index (κ2) is 18.1. The Balaban J connectivity index is -0.00000000800. The Morgan fingerprint density at radius 2 is 0.600 bits per heavy atom. The van der Waals surface area contributed by atoms with Crippen LogP contribution < -0.4 is 108 Å². The highest BCUT2D eigenvalue weighted by atomic mass is 127. The largest absolute Gasteiger partial charge is 1.00 e. The summed E-state index contributed by atoms with van der Waals surface area (Å²) in [4.78, 5) is 0. The van der Waals surface area contributed by atoms with Crippen molar-refractivity contribution in [3.63, 3.8) is 0 Å². The summed E-state index contributed by atoms with van der Waals surface area (Å²) in [7, 11) is 8.50. The van der Waals surface area contributed by atoms with E-state index in [1.807, 2.05) is 0 Å². The maximum Gasteiger partial charge on any atom is 0.0675 e. The summed E-state index contributed by atoms with van der Waals surface area (Å²) in [5, 5.41) is 0. The third-order valence-corrected chi connectivity index (χ3v) is 0. The molecule has 0 amide bonds. The van der Waals surface area contributed by atoms with Crippen molar-refractivity contribution in [3.8, 4) is 0 Å². The summed E-state index contributed by atoms with van der Waals surface area (Å²) >= 11 is 0. The molecule has 0 radical (unpaired) electrons. The zero-order chi connectivity index (χ0) is 4.50. The van der Waals surface area contributed by atoms with E-state index in [1.165, 1.54) is 0 Å². The molecule has 0 heterocycles. The highest BCUT2D eigenvalue weighted by Gasteiger charge is 1.88. The maximum absolute atomic E-state index is 2.12. The topological polar surface area (TPSA) is 0 Å². The molecule has 72 valence electrons. The molecule has 0 aliphatic carbocycles. The molecule has 0 fully saturated rings. The monoisotopic (exact) mass is 617 g/mol. The van der Waals surface area contributed by atoms with Gasteiger partial charge in [-0.05, 0) is 0 Å². The van der Waals surface area contributed by atoms with Crippen LogP contribution in [-0.2, 0) is 0 Å². The van der Waals surface area contributed by atoms with Gasteiger partial charge in [0.1, 0.15) is 0 Å². The van der Waals surface area contributed by atoms with Crippen molar-refractivity contribution in [2.75, 3.05) is 28.2 Å². The van der Waals surface area contributed by atoms with Gasteiger partial charge in [0.25, 0.3) is 0 Å². The van der Waals surface area contributed by atoms with Crippen LogP contribution in [0, 0.1) is 0 Å². The molecule has 0 saturated carbocycles. The zero-order valence-corrected chi connectivity index (χ0v) is 15.7. The van der Waals surface area contributed by atoms with Crippen molar-refractivity contribution in [1.29, 1.82) is 0 Å². The number of quaternary nitrogens is 1. The molecule has 0 bridgehead atoms. The fourth-order valence-electron chi connectivity index (χ4n) is 0. The maximum atomic E-state index is 2.12. The third kappa shape index (κ3) is 115. The first-order chi connectivity index (χ1) is 2.00. The second-order valence-corrected chi connectivity index (χ2v) is 2.68. The number of hydrogen-bond acceptors (Lipinski definition) is 0. The minimum absolute atomic E-state index is 0. The van der Waals surface area contributed by atoms with Gasteiger partial charge in [0.05, 0.1) is 28.2 Å². The summed E-state index contributed by atoms with van der Waals surface area (Å²) in [6, 6.07) is 0. The van der Waals surface area contributed by atoms with Crippen LogP contribution >= 0.6 is 0 Å². The molecule has 0 atom stereocenters. The van der Waals surface area contributed by atoms with E-state index in [9.17, 15) is 0 Å². The van der Waals surface area contributed by atoms with Crippen LogP contribution in [0.2, 0.25) is 0 Å². The van der Waals surface area contributed by atoms with Gasteiger partial charge in [-0.25, -0.2) is 0 Å². The fraction of sp³-hybridized carbons (Fsp3) is 1.00. The molecule has 0 unspecified atom stereocenters. The Kier molecular flexibility index (Phi) is 68.5. The summed E-state index contributed by atoms with van der Waals surface area (Å²) in [6.07, 6.45) is 0. The Hall–Kier alpha value is 3.17. The predicted molar refractivity (Wildman–Crippen MR) is 24.0 cm³/mol. The third-order valence-electron chi connectivity index (χ3n) is 0. The van der Waals surface area contributed by atoms with Gasteiger partial charge >= 0.3 is 0 Å². The Bertz CT molecular complexity index is 32.7. The molecule has 0 aromatic heterocycles. The van der Waals surface area contributed by atoms with E-state index in [2.05, 4.69) is 28.2 Å². The molecule has 0 N–H and O–H groups in total. The molecule has 6 heteroatoms. The molecule has 0 aromatic carbocycles. The van der Waals surface area contributed by atoms with Gasteiger partial charge in [0.15, 0.2) is 0 Å². The van der Waals surface area contributed by atoms with E-state index in [4.69, 9.17) is 0 Å². The SMILES string of the molecule is C[N+](C)(C)C.[Cl-].[I-].[I-].[I-].[I-]. The first kappa shape index (κ1) is 37.9. The average molecular weight is 617 g/mol. The highest BCUT2D eigenvalue weighted by Crippen LogP contribution is 1.73. The van der Waals surface area contributed by atoms with Crippen LogP contribution in [0.4, 0.5) is 0 Å². The predicted octanol–water partition coefficient (Wildman–Crippen LogP) is -14.7. The van der Waals surface area contributed by atoms with Gasteiger partial charge in [-0.15, -0.1) is 0 Å². The van der Waals surface area contributed by atoms with E-state index in [0.717, 1.165) is 4.48 Å². The van der Waals surface area contributed by atoms with Gasteiger partial charge in [-0.3, -0.25) is 0 Å². The fourth-order valence-corrected chi connectivity index (χ4v) is 0. The van der Waals surface area contributed by atoms with Gasteiger partial charge in [-0.1, -0.05) is 0 Å². The standard InChI is InChI=1S/C4H12N.ClH.4HI/c1-5(2,3)4;;;;;/h1-4H3;5*1H/q+1;;;;;/p-5. The van der Waals surface area contributed by atoms with Gasteiger partial charge in [0, 0.05) is 0 Å². The Morgan fingerprint density at radius 3 is 0.600 bits per heavy atom. The summed E-state index contributed by atoms with van der Waals surface area (Å²) < 4.78 is 1.00. The Morgan fingerprint density at radius 1 is 0.600 bits per heavy atom. The van der Waals surface area contributed by atoms with Crippen molar-refractivity contribution in [1.82, 2.24) is 0 Å². The van der Waals surface area contributed by atoms with Crippen molar-refractivity contribution < 1.29 is 113 Å². The molecule has 0 aliphatic rings. The van der Waals surface area contributed by atoms with Crippen molar-refractivity contribution >= 4 is 0 Å². The zero-order valence-electron chi connectivity index (χ0n) is 6.34. The van der Waals surface area contributed by atoms with E-state index < -0.39 is 0 Å². The van der Waals surface area contributed by atoms with Crippen molar-refractivity contribution in [2.45, 2.75) is 0 Å². The van der Waals surface area contributed by atoms with E-state index in [1.54, 1.807) is 0 Å². The van der Waals surface area contributed by atoms with Crippen LogP contribution in [-0.4, -0.2) is 32.7 Å². The smallest absolute Gasteiger partial charge is 0.0675 e. The van der Waals surface area contributed by atoms with E-state index >= 15 is 0 Å². The lowest BCUT2D eigenvalue weighted by atomic mass is 10.8. The lowest BCUT2D eigenvalue weighted by Gasteiger charge is -2.14. The normalized spacial score (nSPS) is 6.00. The van der Waals surface area contributed by atoms with Crippen molar-refractivity contribution in [3.05, 3.63) is 0 Å². The summed E-state index contributed by atoms with van der Waals surface area (Å²) in [5.74, 6) is 0. The van der Waals surface area contributed by atoms with Gasteiger partial charge in [0.2, 0.25) is 0 Å². The molecule has 10 heavy (non-hydrogen) atoms. The number of rotatable bonds is 0. The minimum atomic E-state index is 0. The van der Waals surface area contributed by atoms with Crippen molar-refractivity contribution in [2.24, 2.45) is 0 Å². The van der Waals surface area contributed by atoms with Crippen LogP contribution in [0.25, 0.3) is 0 Å². The lowest BCUT2D eigenvalue weighted by molar-refractivity contribution is -0.849. The first-order valence-electron chi connectivity index (χ1n) is 1.79. The van der Waals surface area contributed by atoms with Crippen LogP contribution in [0.3, 0.4) is 0 Å². The Labute approximate surface area is 139 Å². The second-order valence-electron chi connectivity index (χ2n) is 2.68. The van der Waals surface area contributed by atoms with Crippen LogP contribution in [0.5, 0.6) is 0 Å². The highest BCUT2D eigenvalue weighted by molar-refractivity contribution is 3.87. The summed E-state index contributed by atoms with van der Waals surface area (Å²) in [6.45, 7) is 0. The number of hydrogen-bond donors (Lipinski definition) is 0. The van der Waals surface area contributed by atoms with Gasteiger partial charge < -0.3 is 113 Å². The molecule has 1 nitrogen and oxygen atoms in total. The molecular formula is C4H12ClI4N-4. The molecule has 0 aromatic rings. The summed E-state index contributed by atoms with van der Waals surface area (Å²) in [5.41, 5.74) is 0. The molecular weight excluding hydrogens is 605 g/mol. The molecule has 0 spiro atoms. The molecule has 0 aliphatic heterocycles. The first-order valence-corrected chi connectivity index (χ1v) is 1.79. The van der Waals surface area contributed by atoms with E-state index in [0.29, 0.717) is 0 Å². The quantitative estimate of drug-likeness (QED) is 0.188. The number of halogens is 5. The van der Waals surface area contributed by atoms with E-state index in [-0.39, 0.29) is 108 Å². The average Bonchev–Trinajstić information content (AvgIpc) is 0.722. The lowest BCUT2D eigenvalue weighted by Crippen LogP contribution is -3.00. The minimum Gasteiger partial charge on any atom is -1.00 e. The number of nitrogens with zero attached hydrogens (tertiary/aromatic N) is 1.